The van der Waals surface area contributed by atoms with Gasteiger partial charge in [-0.15, -0.1) is 0 Å². The third-order valence-electron chi connectivity index (χ3n) is 4.41. The Kier molecular flexibility index (Phi) is 4.89. The molecule has 3 rings (SSSR count). The van der Waals surface area contributed by atoms with Crippen LogP contribution in [0.5, 0.6) is 0 Å². The summed E-state index contributed by atoms with van der Waals surface area (Å²) in [4.78, 5) is 26.7. The smallest absolute Gasteiger partial charge is 0.316 e. The molecule has 3 aromatic rings. The van der Waals surface area contributed by atoms with Crippen LogP contribution < -0.4 is 11.1 Å². The average molecular weight is 347 g/mol. The Balaban J connectivity index is 1.77. The van der Waals surface area contributed by atoms with Crippen molar-refractivity contribution in [1.29, 1.82) is 0 Å². The molecule has 1 aromatic heterocycles. The topological polar surface area (TPSA) is 88.0 Å². The lowest BCUT2D eigenvalue weighted by molar-refractivity contribution is 0.103. The van der Waals surface area contributed by atoms with E-state index in [1.807, 2.05) is 55.5 Å². The lowest BCUT2D eigenvalue weighted by atomic mass is 9.98. The van der Waals surface area contributed by atoms with E-state index in [2.05, 4.69) is 17.2 Å². The summed E-state index contributed by atoms with van der Waals surface area (Å²) < 4.78 is 0. The van der Waals surface area contributed by atoms with Crippen molar-refractivity contribution in [2.24, 2.45) is 5.73 Å². The second kappa shape index (κ2) is 7.27. The van der Waals surface area contributed by atoms with E-state index in [4.69, 9.17) is 5.73 Å². The third kappa shape index (κ3) is 3.83. The molecule has 2 amide bonds. The average Bonchev–Trinajstić information content (AvgIpc) is 3.11. The van der Waals surface area contributed by atoms with Crippen LogP contribution in [0, 0.1) is 6.92 Å². The number of primary amides is 1. The number of rotatable bonds is 5. The first-order chi connectivity index (χ1) is 12.4. The molecular weight excluding hydrogens is 326 g/mol. The van der Waals surface area contributed by atoms with Crippen molar-refractivity contribution in [2.75, 3.05) is 5.32 Å². The van der Waals surface area contributed by atoms with Crippen LogP contribution in [0.25, 0.3) is 0 Å². The van der Waals surface area contributed by atoms with Crippen LogP contribution in [-0.4, -0.2) is 16.8 Å². The number of aryl methyl sites for hydroxylation is 1. The minimum absolute atomic E-state index is 0.0237. The Hall–Kier alpha value is -3.34. The maximum absolute atomic E-state index is 12.6. The SMILES string of the molecule is Cc1ccc(C(=O)c2ccc(C(C)c3ccc(NC(N)=O)cc3)[nH]2)cc1. The number of anilines is 1. The maximum Gasteiger partial charge on any atom is 0.316 e. The molecule has 0 aliphatic rings. The molecule has 1 atom stereocenters. The van der Waals surface area contributed by atoms with Crippen molar-refractivity contribution in [2.45, 2.75) is 19.8 Å². The van der Waals surface area contributed by atoms with Crippen molar-refractivity contribution >= 4 is 17.5 Å². The van der Waals surface area contributed by atoms with Gasteiger partial charge in [0.25, 0.3) is 0 Å². The molecule has 4 N–H and O–H groups in total. The number of benzene rings is 2. The fourth-order valence-corrected chi connectivity index (χ4v) is 2.83. The minimum Gasteiger partial charge on any atom is -0.355 e. The molecule has 2 aromatic carbocycles. The summed E-state index contributed by atoms with van der Waals surface area (Å²) in [5, 5.41) is 2.54. The van der Waals surface area contributed by atoms with Crippen LogP contribution >= 0.6 is 0 Å². The number of carbonyl (C=O) groups is 2. The predicted octanol–water partition coefficient (Wildman–Crippen LogP) is 4.20. The molecule has 5 heteroatoms. The summed E-state index contributed by atoms with van der Waals surface area (Å²) in [7, 11) is 0. The first kappa shape index (κ1) is 17.5. The monoisotopic (exact) mass is 347 g/mol. The molecule has 26 heavy (non-hydrogen) atoms. The van der Waals surface area contributed by atoms with E-state index in [0.29, 0.717) is 16.9 Å². The molecule has 0 fully saturated rings. The van der Waals surface area contributed by atoms with E-state index in [0.717, 1.165) is 16.8 Å². The Bertz CT molecular complexity index is 925. The Labute approximate surface area is 152 Å². The van der Waals surface area contributed by atoms with E-state index >= 15 is 0 Å². The standard InChI is InChI=1S/C21H21N3O2/c1-13-3-5-16(6-4-13)20(25)19-12-11-18(24-19)14(2)15-7-9-17(10-8-15)23-21(22)26/h3-12,14,24H,1-2H3,(H3,22,23,26). The van der Waals surface area contributed by atoms with Crippen LogP contribution in [0.3, 0.4) is 0 Å². The van der Waals surface area contributed by atoms with Crippen LogP contribution in [0.4, 0.5) is 10.5 Å². The molecular formula is C21H21N3O2. The first-order valence-electron chi connectivity index (χ1n) is 8.41. The Morgan fingerprint density at radius 2 is 1.62 bits per heavy atom. The number of aromatic amines is 1. The molecule has 1 heterocycles. The number of carbonyl (C=O) groups excluding carboxylic acids is 2. The summed E-state index contributed by atoms with van der Waals surface area (Å²) in [6, 6.07) is 18.2. The zero-order chi connectivity index (χ0) is 18.7. The van der Waals surface area contributed by atoms with Gasteiger partial charge in [0, 0.05) is 22.9 Å². The number of amides is 2. The number of nitrogens with one attached hydrogen (secondary N) is 2. The summed E-state index contributed by atoms with van der Waals surface area (Å²) in [5.74, 6) is 0.0571. The zero-order valence-corrected chi connectivity index (χ0v) is 14.7. The normalized spacial score (nSPS) is 11.8. The van der Waals surface area contributed by atoms with E-state index in [1.165, 1.54) is 0 Å². The highest BCUT2D eigenvalue weighted by atomic mass is 16.2. The van der Waals surface area contributed by atoms with Gasteiger partial charge in [0.15, 0.2) is 0 Å². The molecule has 132 valence electrons. The van der Waals surface area contributed by atoms with Gasteiger partial charge in [0.05, 0.1) is 5.69 Å². The summed E-state index contributed by atoms with van der Waals surface area (Å²) >= 11 is 0. The van der Waals surface area contributed by atoms with Crippen molar-refractivity contribution in [3.63, 3.8) is 0 Å². The fourth-order valence-electron chi connectivity index (χ4n) is 2.83. The van der Waals surface area contributed by atoms with Gasteiger partial charge < -0.3 is 16.0 Å². The summed E-state index contributed by atoms with van der Waals surface area (Å²) in [5.41, 5.74) is 10.1. The van der Waals surface area contributed by atoms with E-state index < -0.39 is 6.03 Å². The molecule has 0 aliphatic heterocycles. The van der Waals surface area contributed by atoms with E-state index in [9.17, 15) is 9.59 Å². The van der Waals surface area contributed by atoms with Gasteiger partial charge in [-0.05, 0) is 36.8 Å². The first-order valence-corrected chi connectivity index (χ1v) is 8.41. The van der Waals surface area contributed by atoms with Gasteiger partial charge >= 0.3 is 6.03 Å². The number of aromatic nitrogens is 1. The minimum atomic E-state index is -0.588. The van der Waals surface area contributed by atoms with Crippen LogP contribution in [0.15, 0.2) is 60.7 Å². The van der Waals surface area contributed by atoms with E-state index in [1.54, 1.807) is 12.1 Å². The van der Waals surface area contributed by atoms with Gasteiger partial charge in [-0.25, -0.2) is 4.79 Å². The zero-order valence-electron chi connectivity index (χ0n) is 14.7. The summed E-state index contributed by atoms with van der Waals surface area (Å²) in [6.45, 7) is 4.05. The quantitative estimate of drug-likeness (QED) is 0.604. The molecule has 0 aliphatic carbocycles. The lowest BCUT2D eigenvalue weighted by Gasteiger charge is -2.11. The molecule has 0 radical (unpaired) electrons. The number of nitrogens with two attached hydrogens (primary N) is 1. The number of H-pyrrole nitrogens is 1. The van der Waals surface area contributed by atoms with Crippen molar-refractivity contribution in [3.05, 3.63) is 88.7 Å². The van der Waals surface area contributed by atoms with Gasteiger partial charge in [0.1, 0.15) is 0 Å². The second-order valence-electron chi connectivity index (χ2n) is 6.36. The molecule has 5 nitrogen and oxygen atoms in total. The Morgan fingerprint density at radius 3 is 2.23 bits per heavy atom. The van der Waals surface area contributed by atoms with Gasteiger partial charge in [0.2, 0.25) is 5.78 Å². The highest BCUT2D eigenvalue weighted by Crippen LogP contribution is 2.25. The van der Waals surface area contributed by atoms with Crippen LogP contribution in [0.1, 0.15) is 45.7 Å². The van der Waals surface area contributed by atoms with Crippen molar-refractivity contribution in [3.8, 4) is 0 Å². The Morgan fingerprint density at radius 1 is 0.962 bits per heavy atom. The summed E-state index contributed by atoms with van der Waals surface area (Å²) in [6.07, 6.45) is 0. The second-order valence-corrected chi connectivity index (χ2v) is 6.36. The molecule has 0 spiro atoms. The van der Waals surface area contributed by atoms with E-state index in [-0.39, 0.29) is 11.7 Å². The number of hydrogen-bond donors (Lipinski definition) is 3. The fraction of sp³-hybridized carbons (Fsp3) is 0.143. The highest BCUT2D eigenvalue weighted by molar-refractivity contribution is 6.07. The van der Waals surface area contributed by atoms with Gasteiger partial charge in [-0.3, -0.25) is 4.79 Å². The largest absolute Gasteiger partial charge is 0.355 e. The number of ketones is 1. The number of urea groups is 1. The van der Waals surface area contributed by atoms with Crippen LogP contribution in [0.2, 0.25) is 0 Å². The van der Waals surface area contributed by atoms with Crippen LogP contribution in [-0.2, 0) is 0 Å². The van der Waals surface area contributed by atoms with Crippen molar-refractivity contribution < 1.29 is 9.59 Å². The highest BCUT2D eigenvalue weighted by Gasteiger charge is 2.15. The predicted molar refractivity (Wildman–Crippen MR) is 103 cm³/mol. The number of hydrogen-bond acceptors (Lipinski definition) is 2. The van der Waals surface area contributed by atoms with Crippen molar-refractivity contribution in [1.82, 2.24) is 4.98 Å². The molecule has 0 bridgehead atoms. The van der Waals surface area contributed by atoms with Gasteiger partial charge in [-0.1, -0.05) is 48.9 Å². The maximum atomic E-state index is 12.6. The molecule has 0 saturated heterocycles. The molecule has 1 unspecified atom stereocenters. The van der Waals surface area contributed by atoms with Gasteiger partial charge in [-0.2, -0.15) is 0 Å². The molecule has 0 saturated carbocycles. The third-order valence-corrected chi connectivity index (χ3v) is 4.41. The lowest BCUT2D eigenvalue weighted by Crippen LogP contribution is -2.19.